The van der Waals surface area contributed by atoms with Gasteiger partial charge in [-0.1, -0.05) is 18.5 Å². The van der Waals surface area contributed by atoms with Crippen molar-refractivity contribution in [2.45, 2.75) is 25.8 Å². The molecule has 1 aliphatic rings. The summed E-state index contributed by atoms with van der Waals surface area (Å²) in [5, 5.41) is 3.98. The number of hydrogen-bond acceptors (Lipinski definition) is 2. The molecule has 2 aromatic rings. The average molecular weight is 310 g/mol. The second kappa shape index (κ2) is 5.84. The van der Waals surface area contributed by atoms with E-state index in [1.807, 2.05) is 6.07 Å². The third-order valence-electron chi connectivity index (χ3n) is 3.65. The Kier molecular flexibility index (Phi) is 4.11. The van der Waals surface area contributed by atoms with Gasteiger partial charge < -0.3 is 5.32 Å². The van der Waals surface area contributed by atoms with Crippen LogP contribution in [-0.4, -0.2) is 6.54 Å². The Morgan fingerprint density at radius 3 is 2.80 bits per heavy atom. The van der Waals surface area contributed by atoms with E-state index in [0.29, 0.717) is 16.6 Å². The fourth-order valence-electron chi connectivity index (χ4n) is 2.50. The molecule has 1 heterocycles. The van der Waals surface area contributed by atoms with Gasteiger partial charge in [0.2, 0.25) is 0 Å². The zero-order valence-electron chi connectivity index (χ0n) is 11.3. The maximum atomic E-state index is 14.0. The molecule has 0 saturated heterocycles. The van der Waals surface area contributed by atoms with Crippen LogP contribution in [0.2, 0.25) is 5.02 Å². The van der Waals surface area contributed by atoms with Gasteiger partial charge in [0.15, 0.2) is 0 Å². The van der Waals surface area contributed by atoms with Crippen molar-refractivity contribution in [1.82, 2.24) is 5.32 Å². The van der Waals surface area contributed by atoms with Crippen LogP contribution in [0.3, 0.4) is 0 Å². The molecule has 4 heteroatoms. The van der Waals surface area contributed by atoms with E-state index < -0.39 is 0 Å². The Labute approximate surface area is 127 Å². The van der Waals surface area contributed by atoms with Crippen LogP contribution in [0.4, 0.5) is 4.39 Å². The van der Waals surface area contributed by atoms with Crippen molar-refractivity contribution in [3.63, 3.8) is 0 Å². The highest BCUT2D eigenvalue weighted by atomic mass is 35.5. The first kappa shape index (κ1) is 14.1. The minimum Gasteiger partial charge on any atom is -0.309 e. The van der Waals surface area contributed by atoms with Crippen molar-refractivity contribution in [3.05, 3.63) is 46.0 Å². The van der Waals surface area contributed by atoms with Crippen LogP contribution in [0.25, 0.3) is 10.4 Å². The molecule has 0 amide bonds. The lowest BCUT2D eigenvalue weighted by atomic mass is 10.1. The van der Waals surface area contributed by atoms with E-state index in [2.05, 4.69) is 18.3 Å². The minimum absolute atomic E-state index is 0.252. The molecule has 0 bridgehead atoms. The average Bonchev–Trinajstić information content (AvgIpc) is 3.14. The summed E-state index contributed by atoms with van der Waals surface area (Å²) in [6.07, 6.45) is 2.58. The van der Waals surface area contributed by atoms with Crippen LogP contribution in [0.5, 0.6) is 0 Å². The Bertz CT molecular complexity index is 606. The zero-order chi connectivity index (χ0) is 14.1. The topological polar surface area (TPSA) is 12.0 Å². The number of hydrogen-bond donors (Lipinski definition) is 1. The normalized spacial score (nSPS) is 16.4. The molecule has 106 valence electrons. The maximum Gasteiger partial charge on any atom is 0.133 e. The van der Waals surface area contributed by atoms with Crippen molar-refractivity contribution in [1.29, 1.82) is 0 Å². The third-order valence-corrected chi connectivity index (χ3v) is 5.08. The molecule has 1 aliphatic carbocycles. The molecule has 0 radical (unpaired) electrons. The predicted molar refractivity (Wildman–Crippen MR) is 83.9 cm³/mol. The van der Waals surface area contributed by atoms with Gasteiger partial charge in [0.25, 0.3) is 0 Å². The summed E-state index contributed by atoms with van der Waals surface area (Å²) < 4.78 is 14.0. The summed E-state index contributed by atoms with van der Waals surface area (Å²) in [5.41, 5.74) is 0.636. The summed E-state index contributed by atoms with van der Waals surface area (Å²) in [5.74, 6) is 0.494. The van der Waals surface area contributed by atoms with E-state index in [1.54, 1.807) is 23.5 Å². The molecule has 0 spiro atoms. The highest BCUT2D eigenvalue weighted by Crippen LogP contribution is 2.44. The van der Waals surface area contributed by atoms with Gasteiger partial charge in [0.1, 0.15) is 5.82 Å². The fourth-order valence-corrected chi connectivity index (χ4v) is 3.87. The molecule has 20 heavy (non-hydrogen) atoms. The summed E-state index contributed by atoms with van der Waals surface area (Å²) in [6, 6.07) is 9.43. The van der Waals surface area contributed by atoms with Gasteiger partial charge in [-0.15, -0.1) is 11.3 Å². The second-order valence-corrected chi connectivity index (χ2v) is 6.75. The highest BCUT2D eigenvalue weighted by molar-refractivity contribution is 7.15. The lowest BCUT2D eigenvalue weighted by Gasteiger charge is -2.15. The standard InChI is InChI=1S/C16H17ClFNS/c1-2-19-16(10-3-4-10)15-8-7-14(20-15)12-6-5-11(17)9-13(12)18/h5-10,16,19H,2-4H2,1H3. The van der Waals surface area contributed by atoms with E-state index >= 15 is 0 Å². The Morgan fingerprint density at radius 1 is 1.35 bits per heavy atom. The highest BCUT2D eigenvalue weighted by Gasteiger charge is 2.32. The minimum atomic E-state index is -0.252. The number of halogens is 2. The molecule has 1 aromatic carbocycles. The zero-order valence-corrected chi connectivity index (χ0v) is 12.9. The van der Waals surface area contributed by atoms with E-state index in [-0.39, 0.29) is 5.82 Å². The molecule has 3 rings (SSSR count). The Balaban J connectivity index is 1.89. The van der Waals surface area contributed by atoms with Crippen molar-refractivity contribution >= 4 is 22.9 Å². The van der Waals surface area contributed by atoms with Crippen LogP contribution in [0.15, 0.2) is 30.3 Å². The quantitative estimate of drug-likeness (QED) is 0.793. The van der Waals surface area contributed by atoms with Gasteiger partial charge in [-0.3, -0.25) is 0 Å². The molecule has 1 aromatic heterocycles. The molecule has 1 N–H and O–H groups in total. The van der Waals surface area contributed by atoms with Crippen molar-refractivity contribution in [2.24, 2.45) is 5.92 Å². The third kappa shape index (κ3) is 2.90. The van der Waals surface area contributed by atoms with Gasteiger partial charge in [0, 0.05) is 26.4 Å². The van der Waals surface area contributed by atoms with Crippen molar-refractivity contribution in [2.75, 3.05) is 6.54 Å². The Hall–Kier alpha value is -0.900. The van der Waals surface area contributed by atoms with Gasteiger partial charge in [-0.25, -0.2) is 4.39 Å². The number of thiophene rings is 1. The second-order valence-electron chi connectivity index (χ2n) is 5.20. The van der Waals surface area contributed by atoms with Gasteiger partial charge >= 0.3 is 0 Å². The van der Waals surface area contributed by atoms with Gasteiger partial charge in [-0.05, 0) is 55.6 Å². The van der Waals surface area contributed by atoms with Crippen molar-refractivity contribution in [3.8, 4) is 10.4 Å². The SMILES string of the molecule is CCNC(c1ccc(-c2ccc(Cl)cc2F)s1)C1CC1. The number of rotatable bonds is 5. The van der Waals surface area contributed by atoms with Gasteiger partial charge in [0.05, 0.1) is 0 Å². The number of nitrogens with one attached hydrogen (secondary N) is 1. The smallest absolute Gasteiger partial charge is 0.133 e. The predicted octanol–water partition coefficient (Wildman–Crippen LogP) is 5.27. The lowest BCUT2D eigenvalue weighted by molar-refractivity contribution is 0.504. The van der Waals surface area contributed by atoms with Crippen molar-refractivity contribution < 1.29 is 4.39 Å². The molecule has 1 saturated carbocycles. The molecule has 1 unspecified atom stereocenters. The monoisotopic (exact) mass is 309 g/mol. The van der Waals surface area contributed by atoms with Crippen LogP contribution in [0, 0.1) is 11.7 Å². The fraction of sp³-hybridized carbons (Fsp3) is 0.375. The van der Waals surface area contributed by atoms with Crippen LogP contribution in [0.1, 0.15) is 30.7 Å². The molecule has 0 aliphatic heterocycles. The lowest BCUT2D eigenvalue weighted by Crippen LogP contribution is -2.21. The molecule has 1 fully saturated rings. The largest absolute Gasteiger partial charge is 0.309 e. The summed E-state index contributed by atoms with van der Waals surface area (Å²) >= 11 is 7.48. The summed E-state index contributed by atoms with van der Waals surface area (Å²) in [4.78, 5) is 2.27. The first-order chi connectivity index (χ1) is 9.69. The molecule has 1 nitrogen and oxygen atoms in total. The summed E-state index contributed by atoms with van der Waals surface area (Å²) in [7, 11) is 0. The molecular weight excluding hydrogens is 293 g/mol. The maximum absolute atomic E-state index is 14.0. The van der Waals surface area contributed by atoms with Crippen LogP contribution in [-0.2, 0) is 0 Å². The van der Waals surface area contributed by atoms with Gasteiger partial charge in [-0.2, -0.15) is 0 Å². The van der Waals surface area contributed by atoms with Crippen LogP contribution < -0.4 is 5.32 Å². The van der Waals surface area contributed by atoms with E-state index in [0.717, 1.165) is 17.3 Å². The van der Waals surface area contributed by atoms with E-state index in [4.69, 9.17) is 11.6 Å². The Morgan fingerprint density at radius 2 is 2.15 bits per heavy atom. The molecule has 1 atom stereocenters. The van der Waals surface area contributed by atoms with E-state index in [9.17, 15) is 4.39 Å². The first-order valence-corrected chi connectivity index (χ1v) is 8.17. The number of benzene rings is 1. The summed E-state index contributed by atoms with van der Waals surface area (Å²) in [6.45, 7) is 3.09. The first-order valence-electron chi connectivity index (χ1n) is 6.97. The van der Waals surface area contributed by atoms with Crippen LogP contribution >= 0.6 is 22.9 Å². The van der Waals surface area contributed by atoms with E-state index in [1.165, 1.54) is 23.8 Å². The molecular formula is C16H17ClFNS.